The van der Waals surface area contributed by atoms with Gasteiger partial charge in [0.05, 0.1) is 6.61 Å². The molecule has 0 aliphatic heterocycles. The zero-order valence-corrected chi connectivity index (χ0v) is 20.3. The van der Waals surface area contributed by atoms with Gasteiger partial charge < -0.3 is 4.74 Å². The SMILES string of the molecule is CCCCCCCCCCCCCCCCCCOCCc1[c]c2ccccc2cc1. The summed E-state index contributed by atoms with van der Waals surface area (Å²) in [5.74, 6) is 0. The number of hydrogen-bond acceptors (Lipinski definition) is 1. The molecular weight excluding hydrogens is 376 g/mol. The van der Waals surface area contributed by atoms with Crippen molar-refractivity contribution in [3.05, 3.63) is 48.0 Å². The molecule has 0 aliphatic carbocycles. The van der Waals surface area contributed by atoms with Gasteiger partial charge in [-0.05, 0) is 35.2 Å². The molecule has 0 heterocycles. The van der Waals surface area contributed by atoms with Gasteiger partial charge in [-0.25, -0.2) is 0 Å². The first kappa shape index (κ1) is 25.9. The van der Waals surface area contributed by atoms with E-state index in [4.69, 9.17) is 4.74 Å². The normalized spacial score (nSPS) is 11.4. The largest absolute Gasteiger partial charge is 0.381 e. The van der Waals surface area contributed by atoms with Gasteiger partial charge >= 0.3 is 0 Å². The summed E-state index contributed by atoms with van der Waals surface area (Å²) < 4.78 is 5.85. The first-order chi connectivity index (χ1) is 15.4. The number of unbranched alkanes of at least 4 members (excludes halogenated alkanes) is 15. The second-order valence-electron chi connectivity index (χ2n) is 9.24. The van der Waals surface area contributed by atoms with Gasteiger partial charge in [-0.2, -0.15) is 0 Å². The van der Waals surface area contributed by atoms with Gasteiger partial charge in [0.2, 0.25) is 0 Å². The van der Waals surface area contributed by atoms with Crippen LogP contribution < -0.4 is 0 Å². The first-order valence-corrected chi connectivity index (χ1v) is 13.4. The minimum atomic E-state index is 0.813. The molecule has 173 valence electrons. The van der Waals surface area contributed by atoms with Gasteiger partial charge in [0.15, 0.2) is 0 Å². The Morgan fingerprint density at radius 2 is 1.13 bits per heavy atom. The maximum Gasteiger partial charge on any atom is 0.0506 e. The second-order valence-corrected chi connectivity index (χ2v) is 9.24. The van der Waals surface area contributed by atoms with E-state index < -0.39 is 0 Å². The van der Waals surface area contributed by atoms with Crippen molar-refractivity contribution in [2.45, 2.75) is 116 Å². The predicted octanol–water partition coefficient (Wildman–Crippen LogP) is 9.46. The zero-order valence-electron chi connectivity index (χ0n) is 20.3. The highest BCUT2D eigenvalue weighted by Gasteiger charge is 1.98. The van der Waals surface area contributed by atoms with Crippen LogP contribution in [-0.4, -0.2) is 13.2 Å². The molecule has 0 atom stereocenters. The molecule has 1 nitrogen and oxygen atoms in total. The van der Waals surface area contributed by atoms with Gasteiger partial charge in [-0.3, -0.25) is 0 Å². The van der Waals surface area contributed by atoms with Gasteiger partial charge in [0.1, 0.15) is 0 Å². The number of hydrogen-bond donors (Lipinski definition) is 0. The van der Waals surface area contributed by atoms with Crippen LogP contribution in [0.3, 0.4) is 0 Å². The van der Waals surface area contributed by atoms with Crippen LogP contribution in [0.5, 0.6) is 0 Å². The Labute approximate surface area is 193 Å². The third-order valence-corrected chi connectivity index (χ3v) is 6.38. The molecule has 1 heteroatoms. The van der Waals surface area contributed by atoms with E-state index in [1.165, 1.54) is 119 Å². The maximum absolute atomic E-state index is 5.85. The van der Waals surface area contributed by atoms with E-state index in [2.05, 4.69) is 49.4 Å². The van der Waals surface area contributed by atoms with E-state index in [1.54, 1.807) is 0 Å². The molecule has 1 radical (unpaired) electrons. The molecule has 0 bridgehead atoms. The maximum atomic E-state index is 5.85. The van der Waals surface area contributed by atoms with Crippen LogP contribution in [0, 0.1) is 6.07 Å². The summed E-state index contributed by atoms with van der Waals surface area (Å²) in [6.45, 7) is 4.02. The lowest BCUT2D eigenvalue weighted by molar-refractivity contribution is 0.133. The lowest BCUT2D eigenvalue weighted by Gasteiger charge is -2.06. The Morgan fingerprint density at radius 1 is 0.581 bits per heavy atom. The summed E-state index contributed by atoms with van der Waals surface area (Å²) in [4.78, 5) is 0. The standard InChI is InChI=1S/C30H47O/c1-2-3-4-5-6-7-8-9-10-11-12-13-14-15-16-19-25-31-26-24-28-22-23-29-20-17-18-21-30(29)27-28/h17-18,20-23H,2-16,19,24-26H2,1H3. The average Bonchev–Trinajstić information content (AvgIpc) is 2.80. The zero-order chi connectivity index (χ0) is 21.8. The van der Waals surface area contributed by atoms with Crippen LogP contribution in [0.15, 0.2) is 36.4 Å². The first-order valence-electron chi connectivity index (χ1n) is 13.4. The summed E-state index contributed by atoms with van der Waals surface area (Å²) in [5, 5.41) is 2.47. The van der Waals surface area contributed by atoms with Crippen LogP contribution >= 0.6 is 0 Å². The lowest BCUT2D eigenvalue weighted by Crippen LogP contribution is -2.00. The Kier molecular flexibility index (Phi) is 15.3. The second kappa shape index (κ2) is 18.3. The summed E-state index contributed by atoms with van der Waals surface area (Å²) in [6, 6.07) is 16.3. The third kappa shape index (κ3) is 13.0. The molecule has 0 aromatic heterocycles. The minimum absolute atomic E-state index is 0.813. The molecule has 0 amide bonds. The fourth-order valence-electron chi connectivity index (χ4n) is 4.34. The van der Waals surface area contributed by atoms with E-state index in [-0.39, 0.29) is 0 Å². The molecule has 2 aromatic carbocycles. The van der Waals surface area contributed by atoms with Crippen molar-refractivity contribution in [3.8, 4) is 0 Å². The molecule has 0 saturated heterocycles. The molecule has 0 unspecified atom stereocenters. The molecular formula is C30H47O. The Bertz CT molecular complexity index is 662. The van der Waals surface area contributed by atoms with E-state index in [9.17, 15) is 0 Å². The highest BCUT2D eigenvalue weighted by molar-refractivity contribution is 5.82. The van der Waals surface area contributed by atoms with Gasteiger partial charge in [-0.15, -0.1) is 0 Å². The third-order valence-electron chi connectivity index (χ3n) is 6.38. The topological polar surface area (TPSA) is 9.23 Å². The molecule has 2 aromatic rings. The highest BCUT2D eigenvalue weighted by atomic mass is 16.5. The minimum Gasteiger partial charge on any atom is -0.381 e. The molecule has 0 N–H and O–H groups in total. The van der Waals surface area contributed by atoms with E-state index >= 15 is 0 Å². The average molecular weight is 424 g/mol. The molecule has 0 fully saturated rings. The van der Waals surface area contributed by atoms with E-state index in [0.29, 0.717) is 0 Å². The van der Waals surface area contributed by atoms with E-state index in [0.717, 1.165) is 19.6 Å². The number of rotatable bonds is 20. The Morgan fingerprint density at radius 3 is 1.74 bits per heavy atom. The van der Waals surface area contributed by atoms with Crippen LogP contribution in [0.2, 0.25) is 0 Å². The number of benzene rings is 2. The fourth-order valence-corrected chi connectivity index (χ4v) is 4.34. The Hall–Kier alpha value is -1.34. The summed E-state index contributed by atoms with van der Waals surface area (Å²) in [5.41, 5.74) is 1.26. The van der Waals surface area contributed by atoms with Crippen LogP contribution in [-0.2, 0) is 11.2 Å². The highest BCUT2D eigenvalue weighted by Crippen LogP contribution is 2.16. The predicted molar refractivity (Wildman–Crippen MR) is 137 cm³/mol. The fraction of sp³-hybridized carbons (Fsp3) is 0.667. The van der Waals surface area contributed by atoms with Crippen molar-refractivity contribution >= 4 is 10.8 Å². The quantitative estimate of drug-likeness (QED) is 0.193. The monoisotopic (exact) mass is 423 g/mol. The molecule has 0 spiro atoms. The van der Waals surface area contributed by atoms with Gasteiger partial charge in [0.25, 0.3) is 0 Å². The smallest absolute Gasteiger partial charge is 0.0506 e. The molecule has 2 rings (SSSR count). The summed E-state index contributed by atoms with van der Waals surface area (Å²) in [7, 11) is 0. The van der Waals surface area contributed by atoms with Crippen LogP contribution in [0.1, 0.15) is 115 Å². The van der Waals surface area contributed by atoms with Crippen molar-refractivity contribution in [1.29, 1.82) is 0 Å². The molecule has 31 heavy (non-hydrogen) atoms. The van der Waals surface area contributed by atoms with Crippen molar-refractivity contribution in [2.24, 2.45) is 0 Å². The lowest BCUT2D eigenvalue weighted by atomic mass is 10.0. The summed E-state index contributed by atoms with van der Waals surface area (Å²) in [6.07, 6.45) is 23.6. The number of ether oxygens (including phenoxy) is 1. The molecule has 0 aliphatic rings. The van der Waals surface area contributed by atoms with Crippen LogP contribution in [0.4, 0.5) is 0 Å². The molecule has 0 saturated carbocycles. The van der Waals surface area contributed by atoms with Crippen LogP contribution in [0.25, 0.3) is 10.8 Å². The van der Waals surface area contributed by atoms with E-state index in [1.807, 2.05) is 0 Å². The van der Waals surface area contributed by atoms with Crippen molar-refractivity contribution in [3.63, 3.8) is 0 Å². The van der Waals surface area contributed by atoms with Crippen molar-refractivity contribution in [2.75, 3.05) is 13.2 Å². The Balaban J connectivity index is 1.29. The number of fused-ring (bicyclic) bond motifs is 1. The van der Waals surface area contributed by atoms with Gasteiger partial charge in [0, 0.05) is 6.61 Å². The van der Waals surface area contributed by atoms with Gasteiger partial charge in [-0.1, -0.05) is 140 Å². The van der Waals surface area contributed by atoms with Crippen molar-refractivity contribution < 1.29 is 4.74 Å². The summed E-state index contributed by atoms with van der Waals surface area (Å²) >= 11 is 0. The van der Waals surface area contributed by atoms with Crippen molar-refractivity contribution in [1.82, 2.24) is 0 Å².